The van der Waals surface area contributed by atoms with Gasteiger partial charge in [-0.2, -0.15) is 0 Å². The molecule has 1 heterocycles. The van der Waals surface area contributed by atoms with E-state index in [9.17, 15) is 9.59 Å². The Bertz CT molecular complexity index is 1550. The molecule has 4 aromatic rings. The van der Waals surface area contributed by atoms with Crippen LogP contribution in [0.2, 0.25) is 0 Å². The molecule has 3 atom stereocenters. The number of benzene rings is 4. The Labute approximate surface area is 232 Å². The van der Waals surface area contributed by atoms with Crippen LogP contribution in [0.4, 0.5) is 0 Å². The fraction of sp³-hybridized carbons (Fsp3) is 0.206. The summed E-state index contributed by atoms with van der Waals surface area (Å²) >= 11 is 0. The summed E-state index contributed by atoms with van der Waals surface area (Å²) in [4.78, 5) is 33.6. The fourth-order valence-corrected chi connectivity index (χ4v) is 5.62. The van der Waals surface area contributed by atoms with Crippen molar-refractivity contribution < 1.29 is 24.2 Å². The number of carbonyl (C=O) groups excluding carboxylic acids is 2. The number of Topliss-reactive ketones (excluding diaryl/α,β-unsaturated/α-hetero) is 2. The van der Waals surface area contributed by atoms with Gasteiger partial charge in [0.1, 0.15) is 11.7 Å². The van der Waals surface area contributed by atoms with E-state index in [1.54, 1.807) is 24.3 Å². The van der Waals surface area contributed by atoms with Gasteiger partial charge in [-0.25, -0.2) is 4.99 Å². The number of aliphatic hydroxyl groups is 1. The molecule has 0 aromatic heterocycles. The molecule has 1 aliphatic heterocycles. The van der Waals surface area contributed by atoms with E-state index < -0.39 is 17.6 Å². The Morgan fingerprint density at radius 1 is 0.900 bits per heavy atom. The molecule has 40 heavy (non-hydrogen) atoms. The Balaban J connectivity index is 1.45. The monoisotopic (exact) mass is 531 g/mol. The summed E-state index contributed by atoms with van der Waals surface area (Å²) in [6.07, 6.45) is 0.174. The van der Waals surface area contributed by atoms with Crippen LogP contribution in [0, 0.1) is 0 Å². The summed E-state index contributed by atoms with van der Waals surface area (Å²) < 4.78 is 12.2. The minimum Gasteiger partial charge on any atom is -0.494 e. The number of aliphatic imine (C=N–C) groups is 1. The molecule has 6 rings (SSSR count). The maximum Gasteiger partial charge on any atom is 0.217 e. The first-order valence-electron chi connectivity index (χ1n) is 13.5. The molecule has 6 nitrogen and oxygen atoms in total. The van der Waals surface area contributed by atoms with E-state index in [1.165, 1.54) is 0 Å². The fourth-order valence-electron chi connectivity index (χ4n) is 5.62. The predicted molar refractivity (Wildman–Crippen MR) is 152 cm³/mol. The van der Waals surface area contributed by atoms with E-state index in [0.29, 0.717) is 42.2 Å². The van der Waals surface area contributed by atoms with Crippen LogP contribution >= 0.6 is 0 Å². The minimum atomic E-state index is -1.31. The Hall–Kier alpha value is -4.55. The molecule has 0 amide bonds. The Kier molecular flexibility index (Phi) is 7.01. The van der Waals surface area contributed by atoms with Crippen molar-refractivity contribution in [3.05, 3.63) is 137 Å². The van der Waals surface area contributed by atoms with Crippen molar-refractivity contribution in [3.63, 3.8) is 0 Å². The van der Waals surface area contributed by atoms with Gasteiger partial charge >= 0.3 is 0 Å². The van der Waals surface area contributed by atoms with Crippen molar-refractivity contribution >= 4 is 17.5 Å². The molecule has 1 aliphatic carbocycles. The zero-order valence-corrected chi connectivity index (χ0v) is 21.9. The third-order valence-electron chi connectivity index (χ3n) is 7.57. The number of aliphatic hydroxyl groups excluding tert-OH is 1. The van der Waals surface area contributed by atoms with Crippen LogP contribution in [-0.2, 0) is 16.0 Å². The molecule has 1 N–H and O–H groups in total. The van der Waals surface area contributed by atoms with E-state index in [2.05, 4.69) is 0 Å². The van der Waals surface area contributed by atoms with Gasteiger partial charge in [-0.3, -0.25) is 9.59 Å². The zero-order valence-electron chi connectivity index (χ0n) is 21.9. The molecule has 2 aliphatic rings. The molecular formula is C34H29NO5. The van der Waals surface area contributed by atoms with Gasteiger partial charge in [-0.15, -0.1) is 0 Å². The van der Waals surface area contributed by atoms with Crippen molar-refractivity contribution in [1.82, 2.24) is 0 Å². The Morgan fingerprint density at radius 2 is 1.57 bits per heavy atom. The molecule has 0 saturated carbocycles. The van der Waals surface area contributed by atoms with Crippen LogP contribution in [0.3, 0.4) is 0 Å². The largest absolute Gasteiger partial charge is 0.494 e. The number of hydrogen-bond acceptors (Lipinski definition) is 6. The summed E-state index contributed by atoms with van der Waals surface area (Å²) in [5.74, 6) is -0.465. The van der Waals surface area contributed by atoms with E-state index in [4.69, 9.17) is 19.6 Å². The molecule has 0 saturated heterocycles. The normalized spacial score (nSPS) is 21.4. The van der Waals surface area contributed by atoms with Crippen molar-refractivity contribution in [1.29, 1.82) is 0 Å². The van der Waals surface area contributed by atoms with E-state index in [1.807, 2.05) is 84.9 Å². The summed E-state index contributed by atoms with van der Waals surface area (Å²) in [6.45, 7) is 0.480. The standard InChI is InChI=1S/C34H29NO5/c36-20-9-21-39-27-18-16-25(17-19-27)33-35-34(32(40-33)24-12-5-2-6-13-24)22-26-14-7-8-15-28(26)29(31(34)38)30(37)23-10-3-1-4-11-23/h1-8,10-19,29,32,36H,9,20-22H2/t29?,32-,34?/m0/s1. The molecule has 0 radical (unpaired) electrons. The van der Waals surface area contributed by atoms with Crippen LogP contribution in [0.25, 0.3) is 0 Å². The number of fused-ring (bicyclic) bond motifs is 1. The van der Waals surface area contributed by atoms with Crippen molar-refractivity contribution in [2.75, 3.05) is 13.2 Å². The maximum atomic E-state index is 14.6. The van der Waals surface area contributed by atoms with Crippen LogP contribution in [0.5, 0.6) is 5.75 Å². The number of nitrogens with zero attached hydrogens (tertiary/aromatic N) is 1. The molecule has 1 spiro atoms. The predicted octanol–water partition coefficient (Wildman–Crippen LogP) is 5.50. The first-order chi connectivity index (χ1) is 19.6. The first kappa shape index (κ1) is 25.7. The van der Waals surface area contributed by atoms with E-state index >= 15 is 0 Å². The van der Waals surface area contributed by atoms with Gasteiger partial charge in [-0.05, 0) is 41.0 Å². The minimum absolute atomic E-state index is 0.0661. The Morgan fingerprint density at radius 3 is 2.30 bits per heavy atom. The third kappa shape index (κ3) is 4.61. The summed E-state index contributed by atoms with van der Waals surface area (Å²) in [6, 6.07) is 33.6. The van der Waals surface area contributed by atoms with Crippen LogP contribution in [0.15, 0.2) is 114 Å². The lowest BCUT2D eigenvalue weighted by Crippen LogP contribution is -2.50. The second-order valence-corrected chi connectivity index (χ2v) is 10.1. The summed E-state index contributed by atoms with van der Waals surface area (Å²) in [7, 11) is 0. The smallest absolute Gasteiger partial charge is 0.217 e. The van der Waals surface area contributed by atoms with Crippen LogP contribution in [-0.4, -0.2) is 41.3 Å². The van der Waals surface area contributed by atoms with E-state index in [-0.39, 0.29) is 18.2 Å². The first-order valence-corrected chi connectivity index (χ1v) is 13.5. The molecule has 4 aromatic carbocycles. The zero-order chi connectivity index (χ0) is 27.5. The number of ketones is 2. The lowest BCUT2D eigenvalue weighted by molar-refractivity contribution is -0.127. The second kappa shape index (κ2) is 10.9. The highest BCUT2D eigenvalue weighted by Crippen LogP contribution is 2.49. The molecule has 200 valence electrons. The average Bonchev–Trinajstić information content (AvgIpc) is 3.39. The summed E-state index contributed by atoms with van der Waals surface area (Å²) in [5.41, 5.74) is 2.36. The third-order valence-corrected chi connectivity index (χ3v) is 7.57. The molecular weight excluding hydrogens is 502 g/mol. The van der Waals surface area contributed by atoms with Gasteiger partial charge in [0.25, 0.3) is 0 Å². The van der Waals surface area contributed by atoms with Gasteiger partial charge < -0.3 is 14.6 Å². The van der Waals surface area contributed by atoms with Crippen molar-refractivity contribution in [3.8, 4) is 5.75 Å². The van der Waals surface area contributed by atoms with Gasteiger partial charge in [-0.1, -0.05) is 84.9 Å². The van der Waals surface area contributed by atoms with E-state index in [0.717, 1.165) is 16.7 Å². The number of rotatable bonds is 8. The quantitative estimate of drug-likeness (QED) is 0.184. The van der Waals surface area contributed by atoms with Crippen LogP contribution in [0.1, 0.15) is 51.1 Å². The van der Waals surface area contributed by atoms with Crippen LogP contribution < -0.4 is 4.74 Å². The van der Waals surface area contributed by atoms with Gasteiger partial charge in [0.2, 0.25) is 5.90 Å². The molecule has 2 unspecified atom stereocenters. The highest BCUT2D eigenvalue weighted by Gasteiger charge is 2.58. The van der Waals surface area contributed by atoms with Crippen molar-refractivity contribution in [2.45, 2.75) is 30.4 Å². The lowest BCUT2D eigenvalue weighted by atomic mass is 9.66. The lowest BCUT2D eigenvalue weighted by Gasteiger charge is -2.38. The van der Waals surface area contributed by atoms with Gasteiger partial charge in [0, 0.05) is 30.6 Å². The second-order valence-electron chi connectivity index (χ2n) is 10.1. The summed E-state index contributed by atoms with van der Waals surface area (Å²) in [5, 5.41) is 9.01. The maximum absolute atomic E-state index is 14.6. The van der Waals surface area contributed by atoms with Crippen molar-refractivity contribution in [2.24, 2.45) is 4.99 Å². The number of carbonyl (C=O) groups is 2. The van der Waals surface area contributed by atoms with Gasteiger partial charge in [0.05, 0.1) is 6.61 Å². The molecule has 0 fully saturated rings. The topological polar surface area (TPSA) is 85.2 Å². The molecule has 0 bridgehead atoms. The van der Waals surface area contributed by atoms with Gasteiger partial charge in [0.15, 0.2) is 23.2 Å². The SMILES string of the molecule is O=C(c1ccccc1)C1C(=O)C2(Cc3ccccc31)N=C(c1ccc(OCCCO)cc1)O[C@H]2c1ccccc1. The number of ether oxygens (including phenoxy) is 2. The highest BCUT2D eigenvalue weighted by molar-refractivity contribution is 6.20. The highest BCUT2D eigenvalue weighted by atomic mass is 16.5. The molecule has 6 heteroatoms. The average molecular weight is 532 g/mol. The number of hydrogen-bond donors (Lipinski definition) is 1.